The van der Waals surface area contributed by atoms with E-state index in [9.17, 15) is 4.79 Å². The number of anilines is 1. The number of hydrogen-bond acceptors (Lipinski definition) is 5. The van der Waals surface area contributed by atoms with Crippen LogP contribution in [0.3, 0.4) is 0 Å². The van der Waals surface area contributed by atoms with E-state index in [-0.39, 0.29) is 6.61 Å². The van der Waals surface area contributed by atoms with E-state index in [4.69, 9.17) is 19.8 Å². The predicted molar refractivity (Wildman–Crippen MR) is 121 cm³/mol. The molecule has 0 unspecified atom stereocenters. The van der Waals surface area contributed by atoms with Gasteiger partial charge in [-0.1, -0.05) is 60.7 Å². The van der Waals surface area contributed by atoms with Gasteiger partial charge in [-0.3, -0.25) is 4.98 Å². The van der Waals surface area contributed by atoms with Crippen molar-refractivity contribution in [1.29, 1.82) is 0 Å². The molecule has 1 atom stereocenters. The maximum Gasteiger partial charge on any atom is 0.329 e. The molecule has 3 aromatic rings. The third-order valence-electron chi connectivity index (χ3n) is 5.58. The summed E-state index contributed by atoms with van der Waals surface area (Å²) < 4.78 is 5.19. The van der Waals surface area contributed by atoms with Gasteiger partial charge in [0, 0.05) is 30.3 Å². The van der Waals surface area contributed by atoms with Crippen LogP contribution < -0.4 is 4.90 Å². The van der Waals surface area contributed by atoms with Gasteiger partial charge in [0.25, 0.3) is 0 Å². The molecule has 0 aliphatic carbocycles. The average molecular weight is 418 g/mol. The Hall–Kier alpha value is -3.25. The summed E-state index contributed by atoms with van der Waals surface area (Å²) in [7, 11) is 0. The molecule has 1 aliphatic rings. The minimum absolute atomic E-state index is 0.235. The van der Waals surface area contributed by atoms with Crippen molar-refractivity contribution in [2.75, 3.05) is 24.7 Å². The molecule has 0 spiro atoms. The molecule has 6 nitrogen and oxygen atoms in total. The van der Waals surface area contributed by atoms with Crippen LogP contribution in [0.2, 0.25) is 0 Å². The minimum Gasteiger partial charge on any atom is -0.480 e. The van der Waals surface area contributed by atoms with Gasteiger partial charge in [0.2, 0.25) is 0 Å². The van der Waals surface area contributed by atoms with Crippen molar-refractivity contribution in [3.8, 4) is 22.5 Å². The summed E-state index contributed by atoms with van der Waals surface area (Å²) in [4.78, 5) is 22.8. The Labute approximate surface area is 182 Å². The average Bonchev–Trinajstić information content (AvgIpc) is 3.28. The lowest BCUT2D eigenvalue weighted by atomic mass is 10.0. The second kappa shape index (κ2) is 10.2. The van der Waals surface area contributed by atoms with Crippen molar-refractivity contribution in [1.82, 2.24) is 9.97 Å². The van der Waals surface area contributed by atoms with Gasteiger partial charge in [-0.25, -0.2) is 9.78 Å². The molecule has 1 aromatic heterocycles. The van der Waals surface area contributed by atoms with Crippen LogP contribution in [0.4, 0.5) is 5.82 Å². The second-order valence-electron chi connectivity index (χ2n) is 7.74. The zero-order valence-corrected chi connectivity index (χ0v) is 17.5. The molecule has 1 N–H and O–H groups in total. The molecule has 31 heavy (non-hydrogen) atoms. The molecule has 4 rings (SSSR count). The lowest BCUT2D eigenvalue weighted by molar-refractivity contribution is -0.142. The summed E-state index contributed by atoms with van der Waals surface area (Å²) in [5, 5.41) is 8.69. The summed E-state index contributed by atoms with van der Waals surface area (Å²) >= 11 is 0. The number of aromatic nitrogens is 2. The van der Waals surface area contributed by atoms with E-state index in [0.29, 0.717) is 12.6 Å². The molecule has 0 saturated carbocycles. The first-order chi connectivity index (χ1) is 15.2. The van der Waals surface area contributed by atoms with Crippen molar-refractivity contribution >= 4 is 11.8 Å². The third kappa shape index (κ3) is 5.27. The van der Waals surface area contributed by atoms with E-state index in [2.05, 4.69) is 29.2 Å². The molecule has 0 amide bonds. The highest BCUT2D eigenvalue weighted by Crippen LogP contribution is 2.33. The van der Waals surface area contributed by atoms with Crippen LogP contribution >= 0.6 is 0 Å². The molecule has 1 saturated heterocycles. The predicted octanol–water partition coefficient (Wildman–Crippen LogP) is 4.66. The number of benzene rings is 2. The normalized spacial score (nSPS) is 15.9. The van der Waals surface area contributed by atoms with Crippen LogP contribution in [0.1, 0.15) is 25.7 Å². The van der Waals surface area contributed by atoms with Crippen molar-refractivity contribution in [3.63, 3.8) is 0 Å². The van der Waals surface area contributed by atoms with Gasteiger partial charge < -0.3 is 14.7 Å². The monoisotopic (exact) mass is 417 g/mol. The van der Waals surface area contributed by atoms with Crippen molar-refractivity contribution < 1.29 is 14.6 Å². The van der Waals surface area contributed by atoms with Gasteiger partial charge in [-0.05, 0) is 25.7 Å². The van der Waals surface area contributed by atoms with Gasteiger partial charge in [0.05, 0.1) is 17.6 Å². The molecule has 0 radical (unpaired) electrons. The van der Waals surface area contributed by atoms with Crippen molar-refractivity contribution in [2.24, 2.45) is 0 Å². The number of aliphatic carboxylic acids is 1. The van der Waals surface area contributed by atoms with Crippen molar-refractivity contribution in [3.05, 3.63) is 66.9 Å². The molecular formula is C25H27N3O3. The van der Waals surface area contributed by atoms with E-state index in [1.54, 1.807) is 0 Å². The topological polar surface area (TPSA) is 75.6 Å². The number of rotatable bonds is 9. The number of hydrogen-bond donors (Lipinski definition) is 1. The fourth-order valence-electron chi connectivity index (χ4n) is 4.14. The molecular weight excluding hydrogens is 390 g/mol. The zero-order valence-electron chi connectivity index (χ0n) is 17.5. The smallest absolute Gasteiger partial charge is 0.329 e. The summed E-state index contributed by atoms with van der Waals surface area (Å²) in [5.41, 5.74) is 3.87. The van der Waals surface area contributed by atoms with Crippen LogP contribution in [-0.2, 0) is 9.53 Å². The van der Waals surface area contributed by atoms with E-state index in [1.807, 2.05) is 42.6 Å². The van der Waals surface area contributed by atoms with Gasteiger partial charge in [-0.15, -0.1) is 0 Å². The van der Waals surface area contributed by atoms with Gasteiger partial charge in [0.1, 0.15) is 12.4 Å². The number of nitrogens with zero attached hydrogens (tertiary/aromatic N) is 3. The highest BCUT2D eigenvalue weighted by Gasteiger charge is 2.26. The lowest BCUT2D eigenvalue weighted by Crippen LogP contribution is -2.30. The van der Waals surface area contributed by atoms with Gasteiger partial charge in [0.15, 0.2) is 0 Å². The Bertz CT molecular complexity index is 995. The molecule has 2 aromatic carbocycles. The Morgan fingerprint density at radius 1 is 1.03 bits per heavy atom. The first-order valence-corrected chi connectivity index (χ1v) is 10.8. The molecule has 1 fully saturated rings. The number of carbonyl (C=O) groups is 1. The molecule has 6 heteroatoms. The van der Waals surface area contributed by atoms with E-state index in [1.165, 1.54) is 0 Å². The largest absolute Gasteiger partial charge is 0.480 e. The lowest BCUT2D eigenvalue weighted by Gasteiger charge is -2.26. The molecule has 0 bridgehead atoms. The van der Waals surface area contributed by atoms with Gasteiger partial charge in [-0.2, -0.15) is 0 Å². The Kier molecular flexibility index (Phi) is 6.89. The summed E-state index contributed by atoms with van der Waals surface area (Å²) in [6.45, 7) is 1.18. The fourth-order valence-corrected chi connectivity index (χ4v) is 4.14. The van der Waals surface area contributed by atoms with E-state index < -0.39 is 5.97 Å². The van der Waals surface area contributed by atoms with Crippen LogP contribution in [0.15, 0.2) is 66.9 Å². The van der Waals surface area contributed by atoms with Crippen LogP contribution in [-0.4, -0.2) is 46.8 Å². The first-order valence-electron chi connectivity index (χ1n) is 10.8. The SMILES string of the molecule is O=C(O)COCCC[C@@H]1CCCN1c1cnc(-c2ccccc2)c(-c2ccccc2)n1. The van der Waals surface area contributed by atoms with E-state index in [0.717, 1.165) is 60.6 Å². The Balaban J connectivity index is 1.56. The molecule has 160 valence electrons. The molecule has 2 heterocycles. The quantitative estimate of drug-likeness (QED) is 0.510. The van der Waals surface area contributed by atoms with Crippen LogP contribution in [0.5, 0.6) is 0 Å². The standard InChI is InChI=1S/C25H27N3O3/c29-23(30)18-31-16-8-14-21-13-7-15-28(21)22-17-26-24(19-9-3-1-4-10-19)25(27-22)20-11-5-2-6-12-20/h1-6,9-12,17,21H,7-8,13-16,18H2,(H,29,30)/t21-/m0/s1. The maximum absolute atomic E-state index is 10.6. The number of ether oxygens (including phenoxy) is 1. The maximum atomic E-state index is 10.6. The summed E-state index contributed by atoms with van der Waals surface area (Å²) in [6, 6.07) is 20.7. The second-order valence-corrected chi connectivity index (χ2v) is 7.74. The molecule has 1 aliphatic heterocycles. The first kappa shape index (κ1) is 21.0. The van der Waals surface area contributed by atoms with Gasteiger partial charge >= 0.3 is 5.97 Å². The van der Waals surface area contributed by atoms with E-state index >= 15 is 0 Å². The highest BCUT2D eigenvalue weighted by molar-refractivity contribution is 5.78. The zero-order chi connectivity index (χ0) is 21.5. The Morgan fingerprint density at radius 2 is 1.71 bits per heavy atom. The Morgan fingerprint density at radius 3 is 2.39 bits per heavy atom. The summed E-state index contributed by atoms with van der Waals surface area (Å²) in [5.74, 6) is -0.0304. The highest BCUT2D eigenvalue weighted by atomic mass is 16.5. The number of carboxylic acids is 1. The van der Waals surface area contributed by atoms with Crippen LogP contribution in [0, 0.1) is 0 Å². The fraction of sp³-hybridized carbons (Fsp3) is 0.320. The summed E-state index contributed by atoms with van der Waals surface area (Å²) in [6.07, 6.45) is 5.87. The minimum atomic E-state index is -0.926. The third-order valence-corrected chi connectivity index (χ3v) is 5.58. The van der Waals surface area contributed by atoms with Crippen molar-refractivity contribution in [2.45, 2.75) is 31.7 Å². The van der Waals surface area contributed by atoms with Crippen LogP contribution in [0.25, 0.3) is 22.5 Å². The number of carboxylic acid groups (broad SMARTS) is 1.